The molecule has 3 fully saturated rings. The van der Waals surface area contributed by atoms with Crippen LogP contribution in [0.15, 0.2) is 54.6 Å². The Kier molecular flexibility index (Phi) is 3.69. The third-order valence-electron chi connectivity index (χ3n) is 13.2. The molecule has 0 N–H and O–H groups in total. The van der Waals surface area contributed by atoms with Gasteiger partial charge in [0.05, 0.1) is 16.6 Å². The molecule has 2 aromatic heterocycles. The molecule has 8 aliphatic rings. The van der Waals surface area contributed by atoms with E-state index in [0.29, 0.717) is 23.4 Å². The van der Waals surface area contributed by atoms with Crippen molar-refractivity contribution in [3.05, 3.63) is 88.0 Å². The number of carbonyl (C=O) groups is 2. The number of Topliss-reactive ketones (excluding diaryl/α,β-unsaturated/α-hetero) is 2. The van der Waals surface area contributed by atoms with Crippen molar-refractivity contribution in [1.29, 1.82) is 0 Å². The second-order valence-electron chi connectivity index (χ2n) is 15.0. The lowest BCUT2D eigenvalue weighted by Crippen LogP contribution is -2.36. The van der Waals surface area contributed by atoms with Crippen molar-refractivity contribution in [3.63, 3.8) is 0 Å². The van der Waals surface area contributed by atoms with Gasteiger partial charge >= 0.3 is 0 Å². The van der Waals surface area contributed by atoms with Crippen molar-refractivity contribution in [1.82, 2.24) is 4.40 Å². The first-order valence-corrected chi connectivity index (χ1v) is 16.7. The Morgan fingerprint density at radius 3 is 1.93 bits per heavy atom. The third kappa shape index (κ3) is 2.35. The second kappa shape index (κ2) is 7.04. The maximum absolute atomic E-state index is 13.6. The van der Waals surface area contributed by atoms with Gasteiger partial charge in [0.1, 0.15) is 0 Å². The van der Waals surface area contributed by atoms with Gasteiger partial charge in [0.15, 0.2) is 11.6 Å². The van der Waals surface area contributed by atoms with Crippen LogP contribution in [0.2, 0.25) is 0 Å². The van der Waals surface area contributed by atoms with Crippen molar-refractivity contribution in [2.24, 2.45) is 11.8 Å². The zero-order chi connectivity index (χ0) is 27.9. The molecule has 0 aliphatic heterocycles. The van der Waals surface area contributed by atoms with Gasteiger partial charge in [-0.2, -0.15) is 0 Å². The third-order valence-corrected chi connectivity index (χ3v) is 13.2. The molecule has 3 nitrogen and oxygen atoms in total. The molecule has 6 aromatic rings. The first kappa shape index (κ1) is 22.5. The summed E-state index contributed by atoms with van der Waals surface area (Å²) >= 11 is 0. The van der Waals surface area contributed by atoms with E-state index in [2.05, 4.69) is 59.0 Å². The number of ketones is 2. The fraction of sp³-hybridized carbons (Fsp3) is 0.350. The van der Waals surface area contributed by atoms with Crippen molar-refractivity contribution in [2.45, 2.75) is 75.0 Å². The minimum atomic E-state index is 0.0420. The van der Waals surface area contributed by atoms with Crippen molar-refractivity contribution >= 4 is 49.7 Å². The van der Waals surface area contributed by atoms with Gasteiger partial charge in [-0.15, -0.1) is 0 Å². The quantitative estimate of drug-likeness (QED) is 0.187. The first-order chi connectivity index (χ1) is 21.1. The number of hydrogen-bond donors (Lipinski definition) is 0. The molecule has 2 heterocycles. The fourth-order valence-electron chi connectivity index (χ4n) is 11.1. The SMILES string of the molecule is O=C1c2cc3c(cc2C2CC1C2)c1cc2c(c4c5cc6c(cc5n3c14)C(=O)C1CC6C1)C1(CCCCC1)c1ccccc1-2. The molecule has 3 saturated carbocycles. The van der Waals surface area contributed by atoms with Crippen LogP contribution in [-0.4, -0.2) is 16.0 Å². The number of nitrogens with zero attached hydrogens (tertiary/aromatic N) is 1. The topological polar surface area (TPSA) is 38.5 Å². The van der Waals surface area contributed by atoms with Crippen LogP contribution in [0.4, 0.5) is 0 Å². The monoisotopic (exact) mass is 557 g/mol. The zero-order valence-corrected chi connectivity index (χ0v) is 24.1. The molecule has 0 saturated heterocycles. The molecular weight excluding hydrogens is 526 g/mol. The Bertz CT molecular complexity index is 2330. The molecule has 0 amide bonds. The van der Waals surface area contributed by atoms with Crippen molar-refractivity contribution in [2.75, 3.05) is 0 Å². The molecule has 4 bridgehead atoms. The van der Waals surface area contributed by atoms with Crippen molar-refractivity contribution < 1.29 is 9.59 Å². The minimum Gasteiger partial charge on any atom is -0.308 e. The van der Waals surface area contributed by atoms with Gasteiger partial charge in [-0.1, -0.05) is 43.5 Å². The summed E-state index contributed by atoms with van der Waals surface area (Å²) in [7, 11) is 0. The predicted molar refractivity (Wildman–Crippen MR) is 170 cm³/mol. The lowest BCUT2D eigenvalue weighted by atomic mass is 9.61. The molecule has 208 valence electrons. The van der Waals surface area contributed by atoms with Gasteiger partial charge < -0.3 is 4.40 Å². The molecular formula is C40H31NO2. The van der Waals surface area contributed by atoms with Crippen LogP contribution in [-0.2, 0) is 5.41 Å². The summed E-state index contributed by atoms with van der Waals surface area (Å²) in [5.74, 6) is 2.15. The summed E-state index contributed by atoms with van der Waals surface area (Å²) < 4.78 is 2.47. The molecule has 4 aromatic carbocycles. The smallest absolute Gasteiger partial charge is 0.166 e. The molecule has 0 unspecified atom stereocenters. The lowest BCUT2D eigenvalue weighted by Gasteiger charge is -2.41. The van der Waals surface area contributed by atoms with Crippen molar-refractivity contribution in [3.8, 4) is 11.1 Å². The Balaban J connectivity index is 1.32. The highest BCUT2D eigenvalue weighted by Gasteiger charge is 2.48. The van der Waals surface area contributed by atoms with E-state index < -0.39 is 0 Å². The van der Waals surface area contributed by atoms with E-state index in [1.807, 2.05) is 0 Å². The number of fused-ring (bicyclic) bond motifs is 12. The Morgan fingerprint density at radius 1 is 0.605 bits per heavy atom. The van der Waals surface area contributed by atoms with Crippen LogP contribution in [0.3, 0.4) is 0 Å². The summed E-state index contributed by atoms with van der Waals surface area (Å²) in [6, 6.07) is 21.1. The van der Waals surface area contributed by atoms with Crippen LogP contribution in [0.25, 0.3) is 49.2 Å². The summed E-state index contributed by atoms with van der Waals surface area (Å²) in [4.78, 5) is 27.1. The van der Waals surface area contributed by atoms with E-state index in [9.17, 15) is 9.59 Å². The van der Waals surface area contributed by atoms with Gasteiger partial charge in [-0.3, -0.25) is 9.59 Å². The van der Waals surface area contributed by atoms with Crippen LogP contribution in [0.5, 0.6) is 0 Å². The predicted octanol–water partition coefficient (Wildman–Crippen LogP) is 9.45. The second-order valence-corrected chi connectivity index (χ2v) is 15.0. The Hall–Kier alpha value is -3.98. The molecule has 1 spiro atoms. The Morgan fingerprint density at radius 2 is 1.23 bits per heavy atom. The number of benzene rings is 4. The minimum absolute atomic E-state index is 0.0420. The summed E-state index contributed by atoms with van der Waals surface area (Å²) in [6.07, 6.45) is 10.3. The zero-order valence-electron chi connectivity index (χ0n) is 24.1. The standard InChI is InChI=1S/C40H31NO2/c42-38-21-10-19(11-21)24-14-26-28-16-27-23-6-2-3-7-32(23)40(8-4-1-5-9-40)36(27)35-31-15-25-20-12-22(13-20)39(43)30(25)18-34(31)41(37(28)35)33(26)17-29(24)38/h2-3,6-7,14-22H,1,4-5,8-13H2. The highest BCUT2D eigenvalue weighted by Crippen LogP contribution is 2.61. The summed E-state index contributed by atoms with van der Waals surface area (Å²) in [5.41, 5.74) is 14.0. The highest BCUT2D eigenvalue weighted by molar-refractivity contribution is 6.28. The number of hydrogen-bond acceptors (Lipinski definition) is 2. The van der Waals surface area contributed by atoms with Crippen LogP contribution in [0.1, 0.15) is 113 Å². The van der Waals surface area contributed by atoms with E-state index in [0.717, 1.165) is 47.8 Å². The van der Waals surface area contributed by atoms with Crippen LogP contribution < -0.4 is 0 Å². The van der Waals surface area contributed by atoms with Gasteiger partial charge in [0.25, 0.3) is 0 Å². The number of aromatic nitrogens is 1. The van der Waals surface area contributed by atoms with Gasteiger partial charge in [-0.05, 0) is 114 Å². The first-order valence-electron chi connectivity index (χ1n) is 16.7. The van der Waals surface area contributed by atoms with E-state index in [4.69, 9.17) is 0 Å². The van der Waals surface area contributed by atoms with E-state index >= 15 is 0 Å². The summed E-state index contributed by atoms with van der Waals surface area (Å²) in [6.45, 7) is 0. The number of rotatable bonds is 0. The normalized spacial score (nSPS) is 27.4. The fourth-order valence-corrected chi connectivity index (χ4v) is 11.1. The largest absolute Gasteiger partial charge is 0.308 e. The summed E-state index contributed by atoms with van der Waals surface area (Å²) in [5, 5.41) is 5.32. The van der Waals surface area contributed by atoms with Crippen LogP contribution >= 0.6 is 0 Å². The lowest BCUT2D eigenvalue weighted by molar-refractivity contribution is 0.0786. The van der Waals surface area contributed by atoms with Gasteiger partial charge in [0, 0.05) is 49.9 Å². The molecule has 8 aliphatic carbocycles. The molecule has 0 atom stereocenters. The molecule has 0 radical (unpaired) electrons. The van der Waals surface area contributed by atoms with Gasteiger partial charge in [0.2, 0.25) is 0 Å². The van der Waals surface area contributed by atoms with Gasteiger partial charge in [-0.25, -0.2) is 0 Å². The van der Waals surface area contributed by atoms with E-state index in [-0.39, 0.29) is 17.3 Å². The van der Waals surface area contributed by atoms with E-state index in [1.165, 1.54) is 87.0 Å². The molecule has 43 heavy (non-hydrogen) atoms. The van der Waals surface area contributed by atoms with E-state index in [1.54, 1.807) is 5.56 Å². The average Bonchev–Trinajstić information content (AvgIpc) is 3.57. The maximum Gasteiger partial charge on any atom is 0.166 e. The average molecular weight is 558 g/mol. The van der Waals surface area contributed by atoms with Crippen LogP contribution in [0, 0.1) is 11.8 Å². The Labute approximate surface area is 249 Å². The highest BCUT2D eigenvalue weighted by atomic mass is 16.1. The number of carbonyl (C=O) groups excluding carboxylic acids is 2. The molecule has 14 rings (SSSR count). The molecule has 3 heteroatoms. The maximum atomic E-state index is 13.6.